The Labute approximate surface area is 210 Å². The fourth-order valence-corrected chi connectivity index (χ4v) is 4.50. The first-order valence-corrected chi connectivity index (χ1v) is 12.8. The van der Waals surface area contributed by atoms with Crippen molar-refractivity contribution in [1.29, 1.82) is 0 Å². The molecule has 1 aliphatic rings. The van der Waals surface area contributed by atoms with Gasteiger partial charge in [0.15, 0.2) is 0 Å². The lowest BCUT2D eigenvalue weighted by Crippen LogP contribution is -2.42. The molecule has 3 rings (SSSR count). The average Bonchev–Trinajstić information content (AvgIpc) is 2.86. The summed E-state index contributed by atoms with van der Waals surface area (Å²) in [6.07, 6.45) is 6.33. The predicted molar refractivity (Wildman–Crippen MR) is 138 cm³/mol. The van der Waals surface area contributed by atoms with E-state index in [1.165, 1.54) is 12.5 Å². The maximum absolute atomic E-state index is 11.7. The average molecular weight is 481 g/mol. The van der Waals surface area contributed by atoms with Crippen molar-refractivity contribution in [1.82, 2.24) is 0 Å². The Hall–Kier alpha value is -2.47. The number of hydrogen-bond acceptors (Lipinski definition) is 5. The van der Waals surface area contributed by atoms with E-state index in [2.05, 4.69) is 18.2 Å². The summed E-state index contributed by atoms with van der Waals surface area (Å²) in [5.41, 5.74) is 2.40. The molecule has 5 heteroatoms. The second-order valence-corrected chi connectivity index (χ2v) is 9.63. The van der Waals surface area contributed by atoms with Crippen LogP contribution in [0.15, 0.2) is 72.8 Å². The van der Waals surface area contributed by atoms with Gasteiger partial charge in [0.05, 0.1) is 31.5 Å². The summed E-state index contributed by atoms with van der Waals surface area (Å²) < 4.78 is 17.8. The van der Waals surface area contributed by atoms with Crippen molar-refractivity contribution >= 4 is 5.97 Å². The van der Waals surface area contributed by atoms with Crippen LogP contribution in [-0.4, -0.2) is 42.1 Å². The molecule has 0 amide bonds. The quantitative estimate of drug-likeness (QED) is 0.247. The Balaban J connectivity index is 1.52. The van der Waals surface area contributed by atoms with Crippen LogP contribution in [0, 0.1) is 11.8 Å². The molecule has 0 unspecified atom stereocenters. The summed E-state index contributed by atoms with van der Waals surface area (Å²) in [7, 11) is 0. The zero-order valence-electron chi connectivity index (χ0n) is 21.2. The van der Waals surface area contributed by atoms with Crippen LogP contribution in [0.1, 0.15) is 51.2 Å². The summed E-state index contributed by atoms with van der Waals surface area (Å²) >= 11 is 0. The van der Waals surface area contributed by atoms with Crippen molar-refractivity contribution in [3.05, 3.63) is 83.9 Å². The largest absolute Gasteiger partial charge is 0.462 e. The van der Waals surface area contributed by atoms with Gasteiger partial charge >= 0.3 is 5.97 Å². The molecule has 2 aromatic carbocycles. The van der Waals surface area contributed by atoms with Crippen LogP contribution in [0.3, 0.4) is 0 Å². The molecule has 0 aliphatic carbocycles. The molecule has 1 heterocycles. The summed E-state index contributed by atoms with van der Waals surface area (Å²) in [5, 5.41) is 10.6. The Morgan fingerprint density at radius 2 is 1.77 bits per heavy atom. The Morgan fingerprint density at radius 1 is 1.11 bits per heavy atom. The first-order valence-electron chi connectivity index (χ1n) is 12.8. The topological polar surface area (TPSA) is 65.0 Å². The zero-order valence-corrected chi connectivity index (χ0v) is 21.2. The van der Waals surface area contributed by atoms with Crippen LogP contribution >= 0.6 is 0 Å². The molecule has 0 saturated carbocycles. The molecular weight excluding hydrogens is 440 g/mol. The minimum absolute atomic E-state index is 0.00290. The van der Waals surface area contributed by atoms with Crippen LogP contribution in [0.2, 0.25) is 0 Å². The molecule has 2 aromatic rings. The molecule has 190 valence electrons. The number of ether oxygens (including phenoxy) is 3. The van der Waals surface area contributed by atoms with Crippen LogP contribution in [0.5, 0.6) is 0 Å². The molecule has 0 aromatic heterocycles. The van der Waals surface area contributed by atoms with Crippen molar-refractivity contribution < 1.29 is 24.1 Å². The standard InChI is InChI=1S/C30H40O5/c1-22(29(34-24(3)31)18-19-33-21-26-12-8-5-9-13-26)14-17-30-23(2)28(32)20-27(35-30)16-15-25-10-6-4-7-11-25/h4-14,17,22-23,27-30,32H,15-16,18-21H2,1-3H3/b17-14+/t22-,23+,27+,28-,29-,30-/m0/s1. The highest BCUT2D eigenvalue weighted by molar-refractivity contribution is 5.66. The third kappa shape index (κ3) is 9.25. The van der Waals surface area contributed by atoms with E-state index in [1.807, 2.05) is 68.5 Å². The first-order chi connectivity index (χ1) is 16.9. The molecule has 1 saturated heterocycles. The number of carbonyl (C=O) groups is 1. The van der Waals surface area contributed by atoms with E-state index in [4.69, 9.17) is 14.2 Å². The lowest BCUT2D eigenvalue weighted by molar-refractivity contribution is -0.149. The summed E-state index contributed by atoms with van der Waals surface area (Å²) in [4.78, 5) is 11.7. The lowest BCUT2D eigenvalue weighted by Gasteiger charge is -2.37. The third-order valence-corrected chi connectivity index (χ3v) is 6.74. The van der Waals surface area contributed by atoms with Gasteiger partial charge in [-0.1, -0.05) is 86.7 Å². The molecule has 1 N–H and O–H groups in total. The highest BCUT2D eigenvalue weighted by Gasteiger charge is 2.33. The van der Waals surface area contributed by atoms with Gasteiger partial charge in [-0.15, -0.1) is 0 Å². The van der Waals surface area contributed by atoms with Crippen molar-refractivity contribution in [3.8, 4) is 0 Å². The second kappa shape index (κ2) is 14.2. The van der Waals surface area contributed by atoms with E-state index >= 15 is 0 Å². The smallest absolute Gasteiger partial charge is 0.302 e. The Bertz CT molecular complexity index is 897. The van der Waals surface area contributed by atoms with E-state index in [9.17, 15) is 9.90 Å². The molecule has 6 atom stereocenters. The molecule has 1 aliphatic heterocycles. The van der Waals surface area contributed by atoms with E-state index < -0.39 is 6.10 Å². The molecule has 0 radical (unpaired) electrons. The fourth-order valence-electron chi connectivity index (χ4n) is 4.50. The van der Waals surface area contributed by atoms with Crippen molar-refractivity contribution in [3.63, 3.8) is 0 Å². The molecule has 5 nitrogen and oxygen atoms in total. The maximum Gasteiger partial charge on any atom is 0.302 e. The summed E-state index contributed by atoms with van der Waals surface area (Å²) in [5.74, 6) is -0.290. The van der Waals surface area contributed by atoms with Crippen LogP contribution in [-0.2, 0) is 32.0 Å². The highest BCUT2D eigenvalue weighted by atomic mass is 16.5. The highest BCUT2D eigenvalue weighted by Crippen LogP contribution is 2.29. The van der Waals surface area contributed by atoms with Crippen LogP contribution in [0.4, 0.5) is 0 Å². The fraction of sp³-hybridized carbons (Fsp3) is 0.500. The number of carbonyl (C=O) groups excluding carboxylic acids is 1. The molecule has 1 fully saturated rings. The minimum Gasteiger partial charge on any atom is -0.462 e. The molecule has 35 heavy (non-hydrogen) atoms. The van der Waals surface area contributed by atoms with Crippen molar-refractivity contribution in [2.45, 2.75) is 77.5 Å². The maximum atomic E-state index is 11.7. The predicted octanol–water partition coefficient (Wildman–Crippen LogP) is 5.50. The van der Waals surface area contributed by atoms with Crippen molar-refractivity contribution in [2.24, 2.45) is 11.8 Å². The normalized spacial score (nSPS) is 24.2. The van der Waals surface area contributed by atoms with Gasteiger partial charge in [0.25, 0.3) is 0 Å². The number of esters is 1. The minimum atomic E-state index is -0.398. The van der Waals surface area contributed by atoms with Gasteiger partial charge in [-0.05, 0) is 30.4 Å². The van der Waals surface area contributed by atoms with Crippen molar-refractivity contribution in [2.75, 3.05) is 6.61 Å². The van der Waals surface area contributed by atoms with Gasteiger partial charge in [-0.3, -0.25) is 4.79 Å². The number of rotatable bonds is 12. The summed E-state index contributed by atoms with van der Waals surface area (Å²) in [6.45, 7) is 6.54. The van der Waals surface area contributed by atoms with E-state index in [0.29, 0.717) is 26.1 Å². The molecule has 0 bridgehead atoms. The van der Waals surface area contributed by atoms with Gasteiger partial charge in [0.1, 0.15) is 6.10 Å². The second-order valence-electron chi connectivity index (χ2n) is 9.63. The van der Waals surface area contributed by atoms with Gasteiger partial charge in [-0.25, -0.2) is 0 Å². The number of aryl methyl sites for hydroxylation is 1. The van der Waals surface area contributed by atoms with Gasteiger partial charge in [0.2, 0.25) is 0 Å². The van der Waals surface area contributed by atoms with Crippen LogP contribution in [0.25, 0.3) is 0 Å². The SMILES string of the molecule is CC(=O)O[C@@H](CCOCc1ccccc1)[C@@H](C)/C=C/[C@@H]1O[C@H](CCc2ccccc2)C[C@H](O)[C@H]1C. The molecular formula is C30H40O5. The molecule has 0 spiro atoms. The zero-order chi connectivity index (χ0) is 25.0. The number of hydrogen-bond donors (Lipinski definition) is 1. The number of aliphatic hydroxyl groups excluding tert-OH is 1. The van der Waals surface area contributed by atoms with Gasteiger partial charge < -0.3 is 19.3 Å². The Kier molecular flexibility index (Phi) is 11.0. The van der Waals surface area contributed by atoms with Gasteiger partial charge in [0, 0.05) is 25.2 Å². The lowest BCUT2D eigenvalue weighted by atomic mass is 9.87. The Morgan fingerprint density at radius 3 is 2.43 bits per heavy atom. The number of aliphatic hydroxyl groups is 1. The van der Waals surface area contributed by atoms with E-state index in [0.717, 1.165) is 18.4 Å². The monoisotopic (exact) mass is 480 g/mol. The van der Waals surface area contributed by atoms with Crippen LogP contribution < -0.4 is 0 Å². The van der Waals surface area contributed by atoms with E-state index in [-0.39, 0.29) is 36.1 Å². The third-order valence-electron chi connectivity index (χ3n) is 6.74. The van der Waals surface area contributed by atoms with Gasteiger partial charge in [-0.2, -0.15) is 0 Å². The number of benzene rings is 2. The summed E-state index contributed by atoms with van der Waals surface area (Å²) in [6, 6.07) is 20.4. The first kappa shape index (κ1) is 27.1. The van der Waals surface area contributed by atoms with E-state index in [1.54, 1.807) is 0 Å².